The zero-order valence-corrected chi connectivity index (χ0v) is 10.3. The van der Waals surface area contributed by atoms with Crippen molar-refractivity contribution >= 4 is 0 Å². The molecule has 0 aromatic carbocycles. The van der Waals surface area contributed by atoms with Gasteiger partial charge in [-0.25, -0.2) is 0 Å². The Morgan fingerprint density at radius 1 is 1.25 bits per heavy atom. The highest BCUT2D eigenvalue weighted by Crippen LogP contribution is 2.44. The summed E-state index contributed by atoms with van der Waals surface area (Å²) in [6.45, 7) is 4.14. The largest absolute Gasteiger partial charge is 0.374 e. The highest BCUT2D eigenvalue weighted by atomic mass is 16.5. The Balaban J connectivity index is 1.43. The SMILES string of the molecule is CN1CCOC(CNC(C2CC2)C2CC2)C1. The van der Waals surface area contributed by atoms with E-state index in [2.05, 4.69) is 17.3 Å². The van der Waals surface area contributed by atoms with Crippen LogP contribution in [-0.4, -0.2) is 50.3 Å². The third kappa shape index (κ3) is 2.76. The van der Waals surface area contributed by atoms with E-state index in [-0.39, 0.29) is 0 Å². The summed E-state index contributed by atoms with van der Waals surface area (Å²) in [5.41, 5.74) is 0. The van der Waals surface area contributed by atoms with Crippen molar-refractivity contribution < 1.29 is 4.74 Å². The summed E-state index contributed by atoms with van der Waals surface area (Å²) in [6, 6.07) is 0.816. The van der Waals surface area contributed by atoms with Gasteiger partial charge in [0.1, 0.15) is 0 Å². The predicted octanol–water partition coefficient (Wildman–Crippen LogP) is 1.10. The number of hydrogen-bond donors (Lipinski definition) is 1. The summed E-state index contributed by atoms with van der Waals surface area (Å²) >= 11 is 0. The molecule has 0 aromatic rings. The van der Waals surface area contributed by atoms with Crippen LogP contribution in [0.1, 0.15) is 25.7 Å². The summed E-state index contributed by atoms with van der Waals surface area (Å²) in [5.74, 6) is 1.99. The Hall–Kier alpha value is -0.120. The standard InChI is InChI=1S/C13H24N2O/c1-15-6-7-16-12(9-15)8-14-13(10-2-3-10)11-4-5-11/h10-14H,2-9H2,1H3. The molecule has 1 N–H and O–H groups in total. The maximum Gasteiger partial charge on any atom is 0.0826 e. The van der Waals surface area contributed by atoms with Crippen molar-refractivity contribution in [3.8, 4) is 0 Å². The minimum atomic E-state index is 0.416. The molecule has 0 radical (unpaired) electrons. The Kier molecular flexibility index (Phi) is 3.18. The molecule has 1 heterocycles. The molecule has 1 atom stereocenters. The van der Waals surface area contributed by atoms with Gasteiger partial charge in [-0.15, -0.1) is 0 Å². The van der Waals surface area contributed by atoms with Crippen LogP contribution in [0.5, 0.6) is 0 Å². The molecular formula is C13H24N2O. The zero-order chi connectivity index (χ0) is 11.0. The topological polar surface area (TPSA) is 24.5 Å². The van der Waals surface area contributed by atoms with Crippen molar-refractivity contribution in [2.45, 2.75) is 37.8 Å². The van der Waals surface area contributed by atoms with Crippen molar-refractivity contribution in [3.63, 3.8) is 0 Å². The number of nitrogens with one attached hydrogen (secondary N) is 1. The fourth-order valence-corrected chi connectivity index (χ4v) is 2.89. The summed E-state index contributed by atoms with van der Waals surface area (Å²) < 4.78 is 5.79. The lowest BCUT2D eigenvalue weighted by molar-refractivity contribution is -0.0198. The van der Waals surface area contributed by atoms with Gasteiger partial charge in [0.2, 0.25) is 0 Å². The first-order chi connectivity index (χ1) is 7.83. The van der Waals surface area contributed by atoms with E-state index >= 15 is 0 Å². The molecule has 0 aromatic heterocycles. The number of ether oxygens (including phenoxy) is 1. The average Bonchev–Trinajstić information content (AvgIpc) is 3.13. The maximum absolute atomic E-state index is 5.79. The predicted molar refractivity (Wildman–Crippen MR) is 64.5 cm³/mol. The van der Waals surface area contributed by atoms with Crippen LogP contribution in [-0.2, 0) is 4.74 Å². The fourth-order valence-electron chi connectivity index (χ4n) is 2.89. The van der Waals surface area contributed by atoms with Crippen LogP contribution < -0.4 is 5.32 Å². The summed E-state index contributed by atoms with van der Waals surface area (Å²) in [7, 11) is 2.19. The second-order valence-electron chi connectivity index (χ2n) is 5.86. The molecule has 1 aliphatic heterocycles. The number of likely N-dealkylation sites (N-methyl/N-ethyl adjacent to an activating group) is 1. The lowest BCUT2D eigenvalue weighted by atomic mass is 10.1. The van der Waals surface area contributed by atoms with Gasteiger partial charge in [-0.1, -0.05) is 0 Å². The fraction of sp³-hybridized carbons (Fsp3) is 1.00. The van der Waals surface area contributed by atoms with E-state index in [9.17, 15) is 0 Å². The number of hydrogen-bond acceptors (Lipinski definition) is 3. The van der Waals surface area contributed by atoms with E-state index in [1.807, 2.05) is 0 Å². The van der Waals surface area contributed by atoms with Gasteiger partial charge in [0.05, 0.1) is 12.7 Å². The smallest absolute Gasteiger partial charge is 0.0826 e. The van der Waals surface area contributed by atoms with Gasteiger partial charge in [-0.2, -0.15) is 0 Å². The normalized spacial score (nSPS) is 32.2. The average molecular weight is 224 g/mol. The van der Waals surface area contributed by atoms with Crippen molar-refractivity contribution in [2.75, 3.05) is 33.3 Å². The quantitative estimate of drug-likeness (QED) is 0.757. The summed E-state index contributed by atoms with van der Waals surface area (Å²) in [5, 5.41) is 3.78. The molecule has 3 heteroatoms. The Labute approximate surface area is 98.5 Å². The van der Waals surface area contributed by atoms with Gasteiger partial charge < -0.3 is 15.0 Å². The molecular weight excluding hydrogens is 200 g/mol. The number of rotatable bonds is 5. The van der Waals surface area contributed by atoms with E-state index in [0.29, 0.717) is 6.10 Å². The van der Waals surface area contributed by atoms with Crippen LogP contribution >= 0.6 is 0 Å². The van der Waals surface area contributed by atoms with Crippen LogP contribution in [0.15, 0.2) is 0 Å². The number of nitrogens with zero attached hydrogens (tertiary/aromatic N) is 1. The minimum absolute atomic E-state index is 0.416. The number of morpholine rings is 1. The Morgan fingerprint density at radius 2 is 1.94 bits per heavy atom. The molecule has 1 unspecified atom stereocenters. The van der Waals surface area contributed by atoms with Gasteiger partial charge in [0.15, 0.2) is 0 Å². The lowest BCUT2D eigenvalue weighted by Crippen LogP contribution is -2.47. The van der Waals surface area contributed by atoms with Crippen LogP contribution in [0.3, 0.4) is 0 Å². The highest BCUT2D eigenvalue weighted by Gasteiger charge is 2.41. The van der Waals surface area contributed by atoms with E-state index < -0.39 is 0 Å². The van der Waals surface area contributed by atoms with Crippen LogP contribution in [0, 0.1) is 11.8 Å². The lowest BCUT2D eigenvalue weighted by Gasteiger charge is -2.31. The Bertz CT molecular complexity index is 226. The molecule has 3 rings (SSSR count). The Morgan fingerprint density at radius 3 is 2.50 bits per heavy atom. The van der Waals surface area contributed by atoms with Gasteiger partial charge in [-0.05, 0) is 44.6 Å². The van der Waals surface area contributed by atoms with E-state index in [1.165, 1.54) is 25.7 Å². The molecule has 0 amide bonds. The van der Waals surface area contributed by atoms with Crippen molar-refractivity contribution in [2.24, 2.45) is 11.8 Å². The summed E-state index contributed by atoms with van der Waals surface area (Å²) in [4.78, 5) is 2.37. The van der Waals surface area contributed by atoms with E-state index in [1.54, 1.807) is 0 Å². The molecule has 16 heavy (non-hydrogen) atoms. The second kappa shape index (κ2) is 4.63. The van der Waals surface area contributed by atoms with Crippen molar-refractivity contribution in [3.05, 3.63) is 0 Å². The molecule has 2 saturated carbocycles. The maximum atomic E-state index is 5.79. The summed E-state index contributed by atoms with van der Waals surface area (Å²) in [6.07, 6.45) is 6.25. The molecule has 3 fully saturated rings. The van der Waals surface area contributed by atoms with Crippen LogP contribution in [0.25, 0.3) is 0 Å². The molecule has 0 spiro atoms. The molecule has 0 bridgehead atoms. The molecule has 1 saturated heterocycles. The monoisotopic (exact) mass is 224 g/mol. The van der Waals surface area contributed by atoms with Gasteiger partial charge in [-0.3, -0.25) is 0 Å². The van der Waals surface area contributed by atoms with Gasteiger partial charge in [0, 0.05) is 25.7 Å². The second-order valence-corrected chi connectivity index (χ2v) is 5.86. The van der Waals surface area contributed by atoms with E-state index in [4.69, 9.17) is 4.74 Å². The van der Waals surface area contributed by atoms with E-state index in [0.717, 1.165) is 44.1 Å². The third-order valence-electron chi connectivity index (χ3n) is 4.18. The van der Waals surface area contributed by atoms with Gasteiger partial charge >= 0.3 is 0 Å². The molecule has 2 aliphatic carbocycles. The molecule has 92 valence electrons. The van der Waals surface area contributed by atoms with Crippen LogP contribution in [0.4, 0.5) is 0 Å². The first kappa shape index (κ1) is 11.0. The third-order valence-corrected chi connectivity index (χ3v) is 4.18. The zero-order valence-electron chi connectivity index (χ0n) is 10.3. The molecule has 3 nitrogen and oxygen atoms in total. The minimum Gasteiger partial charge on any atom is -0.374 e. The van der Waals surface area contributed by atoms with Crippen LogP contribution in [0.2, 0.25) is 0 Å². The van der Waals surface area contributed by atoms with Crippen molar-refractivity contribution in [1.82, 2.24) is 10.2 Å². The first-order valence-corrected chi connectivity index (χ1v) is 6.86. The van der Waals surface area contributed by atoms with Crippen molar-refractivity contribution in [1.29, 1.82) is 0 Å². The highest BCUT2D eigenvalue weighted by molar-refractivity contribution is 4.96. The molecule has 3 aliphatic rings. The first-order valence-electron chi connectivity index (χ1n) is 6.86. The van der Waals surface area contributed by atoms with Gasteiger partial charge in [0.25, 0.3) is 0 Å².